The van der Waals surface area contributed by atoms with Crippen LogP contribution in [0.2, 0.25) is 0 Å². The largest absolute Gasteiger partial charge is 0.294 e. The Morgan fingerprint density at radius 2 is 2.15 bits per heavy atom. The van der Waals surface area contributed by atoms with E-state index in [2.05, 4.69) is 38.7 Å². The molecule has 0 aromatic heterocycles. The molecule has 1 rings (SSSR count). The van der Waals surface area contributed by atoms with Crippen LogP contribution in [0.5, 0.6) is 0 Å². The Labute approximate surface area is 82.8 Å². The zero-order valence-electron chi connectivity index (χ0n) is 9.56. The Morgan fingerprint density at radius 3 is 2.69 bits per heavy atom. The van der Waals surface area contributed by atoms with Crippen molar-refractivity contribution in [3.8, 4) is 0 Å². The van der Waals surface area contributed by atoms with Crippen molar-refractivity contribution in [2.24, 2.45) is 0 Å². The van der Waals surface area contributed by atoms with Crippen molar-refractivity contribution in [2.45, 2.75) is 52.5 Å². The topological polar surface area (TPSA) is 3.24 Å². The summed E-state index contributed by atoms with van der Waals surface area (Å²) in [5.74, 6) is 0. The summed E-state index contributed by atoms with van der Waals surface area (Å²) in [5.41, 5.74) is 1.93. The van der Waals surface area contributed by atoms with Gasteiger partial charge in [0.05, 0.1) is 0 Å². The van der Waals surface area contributed by atoms with Crippen molar-refractivity contribution in [1.82, 2.24) is 4.90 Å². The molecule has 0 saturated heterocycles. The zero-order chi connectivity index (χ0) is 9.90. The third-order valence-electron chi connectivity index (χ3n) is 3.05. The van der Waals surface area contributed by atoms with Crippen molar-refractivity contribution in [2.75, 3.05) is 13.1 Å². The first-order valence-corrected chi connectivity index (χ1v) is 5.47. The lowest BCUT2D eigenvalue weighted by atomic mass is 9.94. The zero-order valence-corrected chi connectivity index (χ0v) is 9.56. The van der Waals surface area contributed by atoms with Gasteiger partial charge < -0.3 is 0 Å². The van der Waals surface area contributed by atoms with Gasteiger partial charge in [-0.25, -0.2) is 0 Å². The molecule has 0 spiro atoms. The Hall–Kier alpha value is -0.300. The highest BCUT2D eigenvalue weighted by Crippen LogP contribution is 2.24. The van der Waals surface area contributed by atoms with Gasteiger partial charge in [-0.3, -0.25) is 4.90 Å². The maximum Gasteiger partial charge on any atom is 0.0195 e. The highest BCUT2D eigenvalue weighted by molar-refractivity contribution is 5.06. The van der Waals surface area contributed by atoms with Crippen LogP contribution in [-0.2, 0) is 0 Å². The van der Waals surface area contributed by atoms with Gasteiger partial charge in [0, 0.05) is 18.6 Å². The molecule has 0 bridgehead atoms. The molecule has 76 valence electrons. The van der Waals surface area contributed by atoms with Gasteiger partial charge in [0.25, 0.3) is 0 Å². The van der Waals surface area contributed by atoms with Crippen LogP contribution >= 0.6 is 0 Å². The second-order valence-electron chi connectivity index (χ2n) is 4.82. The molecule has 0 fully saturated rings. The summed E-state index contributed by atoms with van der Waals surface area (Å²) >= 11 is 0. The first-order chi connectivity index (χ1) is 6.06. The Balaban J connectivity index is 2.56. The molecule has 1 aliphatic rings. The molecule has 1 nitrogen and oxygen atoms in total. The van der Waals surface area contributed by atoms with Gasteiger partial charge in [0.15, 0.2) is 0 Å². The van der Waals surface area contributed by atoms with Crippen molar-refractivity contribution < 1.29 is 0 Å². The molecule has 1 heterocycles. The maximum absolute atomic E-state index is 2.62. The molecule has 1 aliphatic heterocycles. The minimum absolute atomic E-state index is 0.393. The summed E-state index contributed by atoms with van der Waals surface area (Å²) in [6.45, 7) is 11.7. The molecular weight excluding hydrogens is 158 g/mol. The molecule has 0 radical (unpaired) electrons. The van der Waals surface area contributed by atoms with E-state index in [4.69, 9.17) is 0 Å². The molecule has 1 heteroatoms. The fourth-order valence-electron chi connectivity index (χ4n) is 2.20. The van der Waals surface area contributed by atoms with E-state index in [-0.39, 0.29) is 0 Å². The van der Waals surface area contributed by atoms with E-state index in [1.165, 1.54) is 37.9 Å². The molecule has 0 unspecified atom stereocenters. The van der Waals surface area contributed by atoms with Crippen molar-refractivity contribution in [1.29, 1.82) is 0 Å². The summed E-state index contributed by atoms with van der Waals surface area (Å²) < 4.78 is 0. The minimum atomic E-state index is 0.393. The predicted octanol–water partition coefficient (Wildman–Crippen LogP) is 3.22. The van der Waals surface area contributed by atoms with E-state index in [9.17, 15) is 0 Å². The van der Waals surface area contributed by atoms with Crippen LogP contribution in [0.4, 0.5) is 0 Å². The molecule has 0 aliphatic carbocycles. The minimum Gasteiger partial charge on any atom is -0.294 e. The monoisotopic (exact) mass is 181 g/mol. The first-order valence-electron chi connectivity index (χ1n) is 5.47. The van der Waals surface area contributed by atoms with Gasteiger partial charge in [-0.2, -0.15) is 0 Å². The van der Waals surface area contributed by atoms with Crippen LogP contribution in [0.15, 0.2) is 11.6 Å². The van der Waals surface area contributed by atoms with Gasteiger partial charge in [-0.1, -0.05) is 25.0 Å². The summed E-state index contributed by atoms with van der Waals surface area (Å²) in [7, 11) is 0. The van der Waals surface area contributed by atoms with E-state index in [1.807, 2.05) is 0 Å². The lowest BCUT2D eigenvalue weighted by Gasteiger charge is -2.40. The van der Waals surface area contributed by atoms with Gasteiger partial charge in [0.1, 0.15) is 0 Å². The highest BCUT2D eigenvalue weighted by Gasteiger charge is 2.26. The summed E-state index contributed by atoms with van der Waals surface area (Å²) in [6, 6.07) is 0. The molecule has 0 saturated carbocycles. The van der Waals surface area contributed by atoms with Gasteiger partial charge >= 0.3 is 0 Å². The Morgan fingerprint density at radius 1 is 1.46 bits per heavy atom. The molecular formula is C12H23N. The van der Waals surface area contributed by atoms with E-state index in [0.29, 0.717) is 5.54 Å². The maximum atomic E-state index is 2.62. The van der Waals surface area contributed by atoms with E-state index >= 15 is 0 Å². The van der Waals surface area contributed by atoms with Crippen LogP contribution in [-0.4, -0.2) is 23.5 Å². The number of nitrogens with zero attached hydrogens (tertiary/aromatic N) is 1. The van der Waals surface area contributed by atoms with Crippen molar-refractivity contribution in [3.63, 3.8) is 0 Å². The average molecular weight is 181 g/mol. The first kappa shape index (κ1) is 10.8. The van der Waals surface area contributed by atoms with Crippen LogP contribution < -0.4 is 0 Å². The smallest absolute Gasteiger partial charge is 0.0195 e. The normalized spacial score (nSPS) is 20.2. The van der Waals surface area contributed by atoms with Crippen molar-refractivity contribution in [3.05, 3.63) is 11.6 Å². The Kier molecular flexibility index (Phi) is 3.55. The molecule has 0 atom stereocenters. The third-order valence-corrected chi connectivity index (χ3v) is 3.05. The SMILES string of the molecule is CCCC(C)(C)N1CCC=C(C)C1. The summed E-state index contributed by atoms with van der Waals surface area (Å²) in [4.78, 5) is 2.62. The van der Waals surface area contributed by atoms with Crippen LogP contribution in [0.25, 0.3) is 0 Å². The Bertz CT molecular complexity index is 191. The number of hydrogen-bond acceptors (Lipinski definition) is 1. The van der Waals surface area contributed by atoms with E-state index in [0.717, 1.165) is 0 Å². The number of rotatable bonds is 3. The van der Waals surface area contributed by atoms with E-state index in [1.54, 1.807) is 0 Å². The highest BCUT2D eigenvalue weighted by atomic mass is 15.2. The van der Waals surface area contributed by atoms with Gasteiger partial charge in [0.2, 0.25) is 0 Å². The fraction of sp³-hybridized carbons (Fsp3) is 0.833. The molecule has 13 heavy (non-hydrogen) atoms. The standard InChI is InChI=1S/C12H23N/c1-5-8-12(3,4)13-9-6-7-11(2)10-13/h7H,5-6,8-10H2,1-4H3. The van der Waals surface area contributed by atoms with Gasteiger partial charge in [-0.15, -0.1) is 0 Å². The molecule has 0 amide bonds. The second-order valence-corrected chi connectivity index (χ2v) is 4.82. The number of hydrogen-bond donors (Lipinski definition) is 0. The van der Waals surface area contributed by atoms with Crippen LogP contribution in [0.3, 0.4) is 0 Å². The summed E-state index contributed by atoms with van der Waals surface area (Å²) in [5, 5.41) is 0. The molecule has 0 aromatic carbocycles. The molecule has 0 aromatic rings. The molecule has 0 N–H and O–H groups in total. The predicted molar refractivity (Wildman–Crippen MR) is 58.9 cm³/mol. The lowest BCUT2D eigenvalue weighted by molar-refractivity contribution is 0.118. The van der Waals surface area contributed by atoms with Crippen LogP contribution in [0.1, 0.15) is 47.0 Å². The second kappa shape index (κ2) is 4.28. The van der Waals surface area contributed by atoms with Crippen molar-refractivity contribution >= 4 is 0 Å². The van der Waals surface area contributed by atoms with E-state index < -0.39 is 0 Å². The van der Waals surface area contributed by atoms with Gasteiger partial charge in [-0.05, 0) is 33.6 Å². The third kappa shape index (κ3) is 2.84. The average Bonchev–Trinajstić information content (AvgIpc) is 2.04. The fourth-order valence-corrected chi connectivity index (χ4v) is 2.20. The lowest BCUT2D eigenvalue weighted by Crippen LogP contribution is -2.46. The quantitative estimate of drug-likeness (QED) is 0.604. The van der Waals surface area contributed by atoms with Crippen LogP contribution in [0, 0.1) is 0 Å². The summed E-state index contributed by atoms with van der Waals surface area (Å²) in [6.07, 6.45) is 6.20.